The van der Waals surface area contributed by atoms with Crippen LogP contribution in [0.15, 0.2) is 12.2 Å². The lowest BCUT2D eigenvalue weighted by atomic mass is 9.72. The van der Waals surface area contributed by atoms with E-state index in [1.54, 1.807) is 13.8 Å². The van der Waals surface area contributed by atoms with Crippen LogP contribution < -0.4 is 0 Å². The van der Waals surface area contributed by atoms with Crippen molar-refractivity contribution in [3.8, 4) is 0 Å². The monoisotopic (exact) mass is 228 g/mol. The molecule has 0 aliphatic rings. The lowest BCUT2D eigenvalue weighted by Gasteiger charge is -2.29. The summed E-state index contributed by atoms with van der Waals surface area (Å²) in [5.74, 6) is -2.79. The van der Waals surface area contributed by atoms with E-state index in [1.807, 2.05) is 6.92 Å². The molecule has 0 aliphatic carbocycles. The summed E-state index contributed by atoms with van der Waals surface area (Å²) in [5.41, 5.74) is -1.56. The molecule has 16 heavy (non-hydrogen) atoms. The van der Waals surface area contributed by atoms with Gasteiger partial charge in [-0.3, -0.25) is 9.59 Å². The second-order valence-electron chi connectivity index (χ2n) is 4.30. The number of hydrogen-bond donors (Lipinski definition) is 2. The second-order valence-corrected chi connectivity index (χ2v) is 4.30. The second kappa shape index (κ2) is 5.68. The van der Waals surface area contributed by atoms with Gasteiger partial charge in [-0.2, -0.15) is 0 Å². The van der Waals surface area contributed by atoms with E-state index in [0.29, 0.717) is 6.42 Å². The Hall–Kier alpha value is -1.32. The van der Waals surface area contributed by atoms with Crippen molar-refractivity contribution < 1.29 is 19.8 Å². The highest BCUT2D eigenvalue weighted by Gasteiger charge is 2.49. The van der Waals surface area contributed by atoms with Crippen molar-refractivity contribution in [3.63, 3.8) is 0 Å². The van der Waals surface area contributed by atoms with Crippen LogP contribution in [0.25, 0.3) is 0 Å². The van der Waals surface area contributed by atoms with Crippen LogP contribution in [-0.2, 0) is 9.59 Å². The summed E-state index contributed by atoms with van der Waals surface area (Å²) >= 11 is 0. The maximum Gasteiger partial charge on any atom is 0.325 e. The topological polar surface area (TPSA) is 74.6 Å². The van der Waals surface area contributed by atoms with Crippen LogP contribution >= 0.6 is 0 Å². The average molecular weight is 228 g/mol. The highest BCUT2D eigenvalue weighted by molar-refractivity contribution is 6.01. The molecular formula is C12H20O4. The summed E-state index contributed by atoms with van der Waals surface area (Å²) in [7, 11) is 0. The number of carboxylic acids is 2. The van der Waals surface area contributed by atoms with E-state index < -0.39 is 17.4 Å². The zero-order valence-corrected chi connectivity index (χ0v) is 10.1. The standard InChI is InChI=1S/C12H20O4/c1-5-6-7-12(10(13)14,11(15)16)9(4)8(2)3/h8H,4-7H2,1-3H3,(H,13,14)(H,15,16). The lowest BCUT2D eigenvalue weighted by Crippen LogP contribution is -2.42. The number of unbranched alkanes of at least 4 members (excludes halogenated alkanes) is 1. The molecule has 0 amide bonds. The van der Waals surface area contributed by atoms with Crippen LogP contribution in [0, 0.1) is 11.3 Å². The number of carbonyl (C=O) groups is 2. The van der Waals surface area contributed by atoms with Gasteiger partial charge in [0.2, 0.25) is 0 Å². The maximum atomic E-state index is 11.3. The van der Waals surface area contributed by atoms with E-state index in [-0.39, 0.29) is 17.9 Å². The minimum absolute atomic E-state index is 0.102. The Balaban J connectivity index is 5.35. The molecule has 0 atom stereocenters. The summed E-state index contributed by atoms with van der Waals surface area (Å²) < 4.78 is 0. The SMILES string of the molecule is C=C(C(C)C)C(CCCC)(C(=O)O)C(=O)O. The molecule has 0 bridgehead atoms. The molecule has 0 fully saturated rings. The van der Waals surface area contributed by atoms with Gasteiger partial charge in [0.05, 0.1) is 0 Å². The Morgan fingerprint density at radius 3 is 1.94 bits per heavy atom. The molecule has 0 unspecified atom stereocenters. The average Bonchev–Trinajstić information content (AvgIpc) is 2.17. The number of rotatable bonds is 7. The molecule has 0 aromatic carbocycles. The van der Waals surface area contributed by atoms with Gasteiger partial charge in [-0.15, -0.1) is 0 Å². The third kappa shape index (κ3) is 2.62. The minimum Gasteiger partial charge on any atom is -0.480 e. The third-order valence-electron chi connectivity index (χ3n) is 2.88. The van der Waals surface area contributed by atoms with E-state index in [2.05, 4.69) is 6.58 Å². The predicted octanol–water partition coefficient (Wildman–Crippen LogP) is 2.54. The zero-order valence-electron chi connectivity index (χ0n) is 10.1. The van der Waals surface area contributed by atoms with Gasteiger partial charge in [-0.25, -0.2) is 0 Å². The molecule has 0 saturated carbocycles. The molecular weight excluding hydrogens is 208 g/mol. The molecule has 0 aromatic rings. The first kappa shape index (κ1) is 14.7. The fourth-order valence-electron chi connectivity index (χ4n) is 1.68. The third-order valence-corrected chi connectivity index (χ3v) is 2.88. The fraction of sp³-hybridized carbons (Fsp3) is 0.667. The van der Waals surface area contributed by atoms with Crippen molar-refractivity contribution in [2.75, 3.05) is 0 Å². The van der Waals surface area contributed by atoms with Gasteiger partial charge < -0.3 is 10.2 Å². The lowest BCUT2D eigenvalue weighted by molar-refractivity contribution is -0.162. The van der Waals surface area contributed by atoms with Crippen LogP contribution in [0.4, 0.5) is 0 Å². The van der Waals surface area contributed by atoms with Crippen LogP contribution in [0.5, 0.6) is 0 Å². The Bertz CT molecular complexity index is 277. The first-order valence-electron chi connectivity index (χ1n) is 5.46. The molecule has 0 saturated heterocycles. The molecule has 4 nitrogen and oxygen atoms in total. The van der Waals surface area contributed by atoms with Gasteiger partial charge >= 0.3 is 11.9 Å². The Morgan fingerprint density at radius 1 is 1.25 bits per heavy atom. The quantitative estimate of drug-likeness (QED) is 0.518. The molecule has 0 rings (SSSR count). The molecule has 4 heteroatoms. The molecule has 0 radical (unpaired) electrons. The summed E-state index contributed by atoms with van der Waals surface area (Å²) in [4.78, 5) is 22.5. The van der Waals surface area contributed by atoms with Gasteiger partial charge in [-0.1, -0.05) is 40.2 Å². The number of hydrogen-bond acceptors (Lipinski definition) is 2. The minimum atomic E-state index is -1.83. The normalized spacial score (nSPS) is 11.5. The highest BCUT2D eigenvalue weighted by Crippen LogP contribution is 2.37. The first-order chi connectivity index (χ1) is 7.30. The van der Waals surface area contributed by atoms with Crippen molar-refractivity contribution in [1.82, 2.24) is 0 Å². The van der Waals surface area contributed by atoms with Crippen LogP contribution in [0.2, 0.25) is 0 Å². The van der Waals surface area contributed by atoms with Crippen molar-refractivity contribution in [2.24, 2.45) is 11.3 Å². The van der Waals surface area contributed by atoms with Crippen LogP contribution in [0.1, 0.15) is 40.0 Å². The largest absolute Gasteiger partial charge is 0.480 e. The van der Waals surface area contributed by atoms with Crippen molar-refractivity contribution in [2.45, 2.75) is 40.0 Å². The van der Waals surface area contributed by atoms with Gasteiger partial charge in [0.1, 0.15) is 0 Å². The summed E-state index contributed by atoms with van der Waals surface area (Å²) in [5, 5.41) is 18.4. The fourth-order valence-corrected chi connectivity index (χ4v) is 1.68. The Morgan fingerprint density at radius 2 is 1.69 bits per heavy atom. The zero-order chi connectivity index (χ0) is 12.9. The molecule has 2 N–H and O–H groups in total. The van der Waals surface area contributed by atoms with E-state index in [1.165, 1.54) is 0 Å². The van der Waals surface area contributed by atoms with E-state index >= 15 is 0 Å². The van der Waals surface area contributed by atoms with Crippen molar-refractivity contribution in [1.29, 1.82) is 0 Å². The van der Waals surface area contributed by atoms with E-state index in [9.17, 15) is 19.8 Å². The summed E-state index contributed by atoms with van der Waals surface area (Å²) in [6.45, 7) is 9.07. The molecule has 0 spiro atoms. The summed E-state index contributed by atoms with van der Waals surface area (Å²) in [6, 6.07) is 0. The van der Waals surface area contributed by atoms with Gasteiger partial charge in [0.25, 0.3) is 0 Å². The van der Waals surface area contributed by atoms with Crippen molar-refractivity contribution >= 4 is 11.9 Å². The van der Waals surface area contributed by atoms with E-state index in [0.717, 1.165) is 6.42 Å². The number of aliphatic carboxylic acids is 2. The molecule has 0 aromatic heterocycles. The van der Waals surface area contributed by atoms with Gasteiger partial charge in [-0.05, 0) is 17.9 Å². The van der Waals surface area contributed by atoms with Gasteiger partial charge in [0, 0.05) is 0 Å². The van der Waals surface area contributed by atoms with Crippen molar-refractivity contribution in [3.05, 3.63) is 12.2 Å². The van der Waals surface area contributed by atoms with E-state index in [4.69, 9.17) is 0 Å². The highest BCUT2D eigenvalue weighted by atomic mass is 16.4. The predicted molar refractivity (Wildman–Crippen MR) is 61.2 cm³/mol. The smallest absolute Gasteiger partial charge is 0.325 e. The molecule has 92 valence electrons. The number of carboxylic acid groups (broad SMARTS) is 2. The molecule has 0 aliphatic heterocycles. The maximum absolute atomic E-state index is 11.3. The van der Waals surface area contributed by atoms with Crippen LogP contribution in [0.3, 0.4) is 0 Å². The Kier molecular flexibility index (Phi) is 5.21. The molecule has 0 heterocycles. The Labute approximate surface area is 96.0 Å². The summed E-state index contributed by atoms with van der Waals surface area (Å²) in [6.07, 6.45) is 1.42. The van der Waals surface area contributed by atoms with Gasteiger partial charge in [0.15, 0.2) is 5.41 Å². The first-order valence-corrected chi connectivity index (χ1v) is 5.46. The van der Waals surface area contributed by atoms with Crippen LogP contribution in [-0.4, -0.2) is 22.2 Å².